The molecule has 3 heterocycles. The van der Waals surface area contributed by atoms with Crippen LogP contribution < -0.4 is 4.90 Å². The van der Waals surface area contributed by atoms with Gasteiger partial charge in [0.15, 0.2) is 0 Å². The van der Waals surface area contributed by atoms with E-state index in [9.17, 15) is 0 Å². The third-order valence-electron chi connectivity index (χ3n) is 5.12. The van der Waals surface area contributed by atoms with Gasteiger partial charge < -0.3 is 4.90 Å². The van der Waals surface area contributed by atoms with Gasteiger partial charge in [0.2, 0.25) is 5.13 Å². The first-order chi connectivity index (χ1) is 12.0. The standard InChI is InChI=1S/C18H30N6S/c1-6-24-9-7-8-14(16(24)15-10-19-23(5)12-15)11-22(4)18-20-17(13(2)3)21-25-18/h10,12-14,16H,6-9,11H2,1-5H3/t14-,16+/m0/s1. The fourth-order valence-electron chi connectivity index (χ4n) is 3.82. The lowest BCUT2D eigenvalue weighted by molar-refractivity contribution is 0.101. The summed E-state index contributed by atoms with van der Waals surface area (Å²) in [5.74, 6) is 1.91. The van der Waals surface area contributed by atoms with Crippen molar-refractivity contribution < 1.29 is 0 Å². The van der Waals surface area contributed by atoms with E-state index in [1.54, 1.807) is 0 Å². The molecular formula is C18H30N6S. The average Bonchev–Trinajstić information content (AvgIpc) is 3.23. The molecule has 0 unspecified atom stereocenters. The predicted octanol–water partition coefficient (Wildman–Crippen LogP) is 3.30. The van der Waals surface area contributed by atoms with Crippen molar-refractivity contribution in [3.63, 3.8) is 0 Å². The lowest BCUT2D eigenvalue weighted by atomic mass is 9.85. The van der Waals surface area contributed by atoms with E-state index in [2.05, 4.69) is 53.3 Å². The fraction of sp³-hybridized carbons (Fsp3) is 0.722. The van der Waals surface area contributed by atoms with Gasteiger partial charge >= 0.3 is 0 Å². The van der Waals surface area contributed by atoms with Crippen molar-refractivity contribution in [2.24, 2.45) is 13.0 Å². The van der Waals surface area contributed by atoms with Crippen LogP contribution >= 0.6 is 11.5 Å². The molecule has 2 atom stereocenters. The number of hydrogen-bond donors (Lipinski definition) is 0. The molecule has 0 amide bonds. The van der Waals surface area contributed by atoms with Gasteiger partial charge in [0.05, 0.1) is 6.20 Å². The molecule has 138 valence electrons. The topological polar surface area (TPSA) is 50.1 Å². The van der Waals surface area contributed by atoms with Crippen LogP contribution in [0.3, 0.4) is 0 Å². The second kappa shape index (κ2) is 7.83. The van der Waals surface area contributed by atoms with Crippen molar-refractivity contribution in [2.75, 3.05) is 31.6 Å². The number of aryl methyl sites for hydroxylation is 1. The molecular weight excluding hydrogens is 332 g/mol. The molecule has 2 aromatic heterocycles. The van der Waals surface area contributed by atoms with E-state index in [4.69, 9.17) is 4.98 Å². The monoisotopic (exact) mass is 362 g/mol. The Hall–Kier alpha value is -1.47. The minimum atomic E-state index is 0.381. The van der Waals surface area contributed by atoms with Crippen molar-refractivity contribution in [1.29, 1.82) is 0 Å². The van der Waals surface area contributed by atoms with E-state index >= 15 is 0 Å². The maximum absolute atomic E-state index is 4.72. The first-order valence-corrected chi connectivity index (χ1v) is 10.0. The van der Waals surface area contributed by atoms with Crippen LogP contribution in [0.1, 0.15) is 57.0 Å². The quantitative estimate of drug-likeness (QED) is 0.789. The summed E-state index contributed by atoms with van der Waals surface area (Å²) < 4.78 is 6.42. The van der Waals surface area contributed by atoms with Gasteiger partial charge in [0.1, 0.15) is 5.82 Å². The number of anilines is 1. The normalized spacial score (nSPS) is 21.8. The average molecular weight is 363 g/mol. The molecule has 0 radical (unpaired) electrons. The lowest BCUT2D eigenvalue weighted by Crippen LogP contribution is -2.42. The van der Waals surface area contributed by atoms with Gasteiger partial charge in [-0.2, -0.15) is 9.47 Å². The summed E-state index contributed by atoms with van der Waals surface area (Å²) in [4.78, 5) is 9.60. The van der Waals surface area contributed by atoms with Gasteiger partial charge in [-0.05, 0) is 31.8 Å². The zero-order valence-electron chi connectivity index (χ0n) is 16.0. The first-order valence-electron chi connectivity index (χ1n) is 9.27. The molecule has 1 aliphatic heterocycles. The lowest BCUT2D eigenvalue weighted by Gasteiger charge is -2.41. The molecule has 7 heteroatoms. The molecule has 0 saturated carbocycles. The van der Waals surface area contributed by atoms with Crippen molar-refractivity contribution in [3.05, 3.63) is 23.8 Å². The number of likely N-dealkylation sites (tertiary alicyclic amines) is 1. The molecule has 0 bridgehead atoms. The van der Waals surface area contributed by atoms with Gasteiger partial charge in [-0.3, -0.25) is 9.58 Å². The van der Waals surface area contributed by atoms with Crippen LogP contribution in [0.5, 0.6) is 0 Å². The minimum Gasteiger partial charge on any atom is -0.350 e. The summed E-state index contributed by atoms with van der Waals surface area (Å²) in [6, 6.07) is 0.437. The Morgan fingerprint density at radius 2 is 2.20 bits per heavy atom. The summed E-state index contributed by atoms with van der Waals surface area (Å²) >= 11 is 1.52. The zero-order valence-corrected chi connectivity index (χ0v) is 16.8. The van der Waals surface area contributed by atoms with Gasteiger partial charge in [0.25, 0.3) is 0 Å². The summed E-state index contributed by atoms with van der Waals surface area (Å²) in [6.07, 6.45) is 6.72. The van der Waals surface area contributed by atoms with Gasteiger partial charge in [-0.15, -0.1) is 0 Å². The van der Waals surface area contributed by atoms with E-state index in [0.29, 0.717) is 17.9 Å². The number of hydrogen-bond acceptors (Lipinski definition) is 6. The van der Waals surface area contributed by atoms with Crippen LogP contribution in [0.4, 0.5) is 5.13 Å². The number of nitrogens with zero attached hydrogens (tertiary/aromatic N) is 6. The highest BCUT2D eigenvalue weighted by atomic mass is 32.1. The summed E-state index contributed by atoms with van der Waals surface area (Å²) in [5, 5.41) is 5.44. The number of rotatable bonds is 6. The Bertz CT molecular complexity index is 679. The van der Waals surface area contributed by atoms with Gasteiger partial charge in [-0.1, -0.05) is 20.8 Å². The molecule has 0 aromatic carbocycles. The highest BCUT2D eigenvalue weighted by Gasteiger charge is 2.33. The van der Waals surface area contributed by atoms with E-state index in [1.807, 2.05) is 17.9 Å². The van der Waals surface area contributed by atoms with Crippen LogP contribution in [0.2, 0.25) is 0 Å². The van der Waals surface area contributed by atoms with E-state index in [-0.39, 0.29) is 0 Å². The number of aromatic nitrogens is 4. The second-order valence-corrected chi connectivity index (χ2v) is 8.12. The van der Waals surface area contributed by atoms with Crippen LogP contribution in [0, 0.1) is 5.92 Å². The van der Waals surface area contributed by atoms with Crippen molar-refractivity contribution in [1.82, 2.24) is 24.0 Å². The molecule has 2 aromatic rings. The van der Waals surface area contributed by atoms with E-state index < -0.39 is 0 Å². The van der Waals surface area contributed by atoms with Crippen molar-refractivity contribution in [2.45, 2.75) is 45.6 Å². The smallest absolute Gasteiger partial charge is 0.204 e. The molecule has 1 aliphatic rings. The maximum Gasteiger partial charge on any atom is 0.204 e. The van der Waals surface area contributed by atoms with Gasteiger partial charge in [-0.25, -0.2) is 4.98 Å². The third kappa shape index (κ3) is 4.03. The maximum atomic E-state index is 4.72. The molecule has 1 saturated heterocycles. The molecule has 25 heavy (non-hydrogen) atoms. The molecule has 0 spiro atoms. The van der Waals surface area contributed by atoms with Crippen molar-refractivity contribution >= 4 is 16.7 Å². The van der Waals surface area contributed by atoms with E-state index in [0.717, 1.165) is 24.0 Å². The predicted molar refractivity (Wildman–Crippen MR) is 103 cm³/mol. The number of piperidine rings is 1. The van der Waals surface area contributed by atoms with Crippen LogP contribution in [0.15, 0.2) is 12.4 Å². The Kier molecular flexibility index (Phi) is 5.74. The van der Waals surface area contributed by atoms with Crippen LogP contribution in [-0.4, -0.2) is 50.7 Å². The van der Waals surface area contributed by atoms with Gasteiger partial charge in [0, 0.05) is 55.9 Å². The Balaban J connectivity index is 1.77. The zero-order chi connectivity index (χ0) is 18.0. The Labute approximate surface area is 155 Å². The van der Waals surface area contributed by atoms with E-state index in [1.165, 1.54) is 36.5 Å². The molecule has 3 rings (SSSR count). The molecule has 6 nitrogen and oxygen atoms in total. The Morgan fingerprint density at radius 3 is 2.80 bits per heavy atom. The minimum absolute atomic E-state index is 0.381. The van der Waals surface area contributed by atoms with Crippen LogP contribution in [0.25, 0.3) is 0 Å². The second-order valence-electron chi connectivity index (χ2n) is 7.39. The fourth-order valence-corrected chi connectivity index (χ4v) is 4.59. The molecule has 0 aliphatic carbocycles. The Morgan fingerprint density at radius 1 is 1.40 bits per heavy atom. The van der Waals surface area contributed by atoms with Crippen molar-refractivity contribution in [3.8, 4) is 0 Å². The SMILES string of the molecule is CCN1CCC[C@@H](CN(C)c2nc(C(C)C)ns2)[C@@H]1c1cnn(C)c1. The highest BCUT2D eigenvalue weighted by Crippen LogP contribution is 2.37. The molecule has 0 N–H and O–H groups in total. The van der Waals surface area contributed by atoms with Crippen LogP contribution in [-0.2, 0) is 7.05 Å². The largest absolute Gasteiger partial charge is 0.350 e. The highest BCUT2D eigenvalue weighted by molar-refractivity contribution is 7.09. The first kappa shape index (κ1) is 18.3. The summed E-state index contributed by atoms with van der Waals surface area (Å²) in [5.41, 5.74) is 1.34. The summed E-state index contributed by atoms with van der Waals surface area (Å²) in [7, 11) is 4.15. The third-order valence-corrected chi connectivity index (χ3v) is 5.96. The molecule has 1 fully saturated rings. The summed E-state index contributed by atoms with van der Waals surface area (Å²) in [6.45, 7) is 9.80.